The maximum absolute atomic E-state index is 12.7. The first-order chi connectivity index (χ1) is 16.6. The molecule has 0 spiro atoms. The van der Waals surface area contributed by atoms with Crippen LogP contribution in [0.2, 0.25) is 19.6 Å². The van der Waals surface area contributed by atoms with Crippen molar-refractivity contribution < 1.29 is 14.0 Å². The summed E-state index contributed by atoms with van der Waals surface area (Å²) in [5.41, 5.74) is 2.84. The minimum absolute atomic E-state index is 0.0230. The summed E-state index contributed by atoms with van der Waals surface area (Å²) < 4.78 is 12.4. The van der Waals surface area contributed by atoms with Crippen LogP contribution in [0.4, 0.5) is 0 Å². The van der Waals surface area contributed by atoms with E-state index in [0.29, 0.717) is 11.8 Å². The Morgan fingerprint density at radius 2 is 1.83 bits per heavy atom. The number of ether oxygens (including phenoxy) is 1. The third-order valence-electron chi connectivity index (χ3n) is 7.83. The summed E-state index contributed by atoms with van der Waals surface area (Å²) in [4.78, 5) is 12.7. The van der Waals surface area contributed by atoms with Gasteiger partial charge in [0.2, 0.25) is 8.32 Å². The first-order valence-electron chi connectivity index (χ1n) is 13.9. The van der Waals surface area contributed by atoms with Crippen molar-refractivity contribution in [3.63, 3.8) is 0 Å². The Labute approximate surface area is 215 Å². The minimum Gasteiger partial charge on any atom is -0.547 e. The minimum atomic E-state index is -1.52. The van der Waals surface area contributed by atoms with E-state index in [1.54, 1.807) is 6.08 Å². The third-order valence-corrected chi connectivity index (χ3v) is 8.68. The van der Waals surface area contributed by atoms with Gasteiger partial charge in [-0.1, -0.05) is 63.6 Å². The van der Waals surface area contributed by atoms with Crippen molar-refractivity contribution in [2.45, 2.75) is 116 Å². The molecule has 0 heterocycles. The monoisotopic (exact) mass is 496 g/mol. The molecule has 0 saturated heterocycles. The van der Waals surface area contributed by atoms with Gasteiger partial charge in [0.15, 0.2) is 0 Å². The second-order valence-electron chi connectivity index (χ2n) is 12.3. The fourth-order valence-corrected chi connectivity index (χ4v) is 6.86. The van der Waals surface area contributed by atoms with Gasteiger partial charge in [0.1, 0.15) is 6.10 Å². The number of carbonyl (C=O) groups is 1. The molecule has 2 aliphatic carbocycles. The van der Waals surface area contributed by atoms with Gasteiger partial charge < -0.3 is 9.16 Å². The second-order valence-corrected chi connectivity index (χ2v) is 16.8. The number of allylic oxidation sites excluding steroid dienone is 3. The van der Waals surface area contributed by atoms with Crippen molar-refractivity contribution in [1.29, 1.82) is 0 Å². The quantitative estimate of drug-likeness (QED) is 0.133. The van der Waals surface area contributed by atoms with Crippen molar-refractivity contribution in [3.8, 4) is 0 Å². The molecule has 0 aliphatic heterocycles. The fourth-order valence-electron chi connectivity index (χ4n) is 5.87. The maximum atomic E-state index is 12.7. The van der Waals surface area contributed by atoms with Gasteiger partial charge >= 0.3 is 5.97 Å². The SMILES string of the molecule is C[C@@H]1CC[C@@H](C(C)(C)c2ccccc2)[C@H](OC(=O)/C=C/CCCCC2=C(O[Si](C)(C)C)CCC2)C1. The predicted octanol–water partition coefficient (Wildman–Crippen LogP) is 8.72. The number of hydrogen-bond acceptors (Lipinski definition) is 3. The summed E-state index contributed by atoms with van der Waals surface area (Å²) in [6, 6.07) is 10.7. The van der Waals surface area contributed by atoms with E-state index < -0.39 is 8.32 Å². The Kier molecular flexibility index (Phi) is 9.86. The van der Waals surface area contributed by atoms with Gasteiger partial charge in [0, 0.05) is 18.4 Å². The number of benzene rings is 1. The van der Waals surface area contributed by atoms with Crippen molar-refractivity contribution >= 4 is 14.3 Å². The predicted molar refractivity (Wildman–Crippen MR) is 149 cm³/mol. The molecule has 0 unspecified atom stereocenters. The highest BCUT2D eigenvalue weighted by molar-refractivity contribution is 6.70. The van der Waals surface area contributed by atoms with Gasteiger partial charge in [-0.2, -0.15) is 0 Å². The van der Waals surface area contributed by atoms with E-state index in [0.717, 1.165) is 44.9 Å². The van der Waals surface area contributed by atoms with Gasteiger partial charge in [0.05, 0.1) is 5.76 Å². The average molecular weight is 497 g/mol. The van der Waals surface area contributed by atoms with Crippen LogP contribution in [0.5, 0.6) is 0 Å². The first-order valence-corrected chi connectivity index (χ1v) is 17.3. The van der Waals surface area contributed by atoms with Crippen LogP contribution in [0.3, 0.4) is 0 Å². The topological polar surface area (TPSA) is 35.5 Å². The molecule has 3 rings (SSSR count). The number of rotatable bonds is 11. The first kappa shape index (κ1) is 27.8. The summed E-state index contributed by atoms with van der Waals surface area (Å²) in [6.45, 7) is 13.7. The largest absolute Gasteiger partial charge is 0.547 e. The van der Waals surface area contributed by atoms with Crippen LogP contribution in [0.25, 0.3) is 0 Å². The van der Waals surface area contributed by atoms with Crippen molar-refractivity contribution in [2.75, 3.05) is 0 Å². The van der Waals surface area contributed by atoms with Gasteiger partial charge in [-0.15, -0.1) is 0 Å². The Hall–Kier alpha value is -1.81. The molecule has 1 aromatic rings. The van der Waals surface area contributed by atoms with Gasteiger partial charge in [-0.25, -0.2) is 4.79 Å². The van der Waals surface area contributed by atoms with Crippen LogP contribution in [-0.4, -0.2) is 20.4 Å². The molecule has 1 fully saturated rings. The zero-order chi connectivity index (χ0) is 25.5. The van der Waals surface area contributed by atoms with E-state index in [9.17, 15) is 4.79 Å². The van der Waals surface area contributed by atoms with Crippen LogP contribution >= 0.6 is 0 Å². The molecule has 0 N–H and O–H groups in total. The molecule has 0 bridgehead atoms. The van der Waals surface area contributed by atoms with Gasteiger partial charge in [-0.05, 0) is 93.5 Å². The van der Waals surface area contributed by atoms with E-state index in [2.05, 4.69) is 70.7 Å². The number of esters is 1. The lowest BCUT2D eigenvalue weighted by molar-refractivity contribution is -0.150. The lowest BCUT2D eigenvalue weighted by Gasteiger charge is -2.43. The fraction of sp³-hybridized carbons (Fsp3) is 0.645. The molecule has 0 amide bonds. The Balaban J connectivity index is 1.47. The van der Waals surface area contributed by atoms with E-state index in [1.165, 1.54) is 36.2 Å². The molecule has 3 atom stereocenters. The number of unbranched alkanes of at least 4 members (excludes halogenated alkanes) is 2. The summed E-state index contributed by atoms with van der Waals surface area (Å²) >= 11 is 0. The number of hydrogen-bond donors (Lipinski definition) is 0. The molecule has 1 saturated carbocycles. The molecule has 4 heteroatoms. The zero-order valence-corrected chi connectivity index (χ0v) is 24.1. The lowest BCUT2D eigenvalue weighted by Crippen LogP contribution is -2.43. The molecule has 1 aromatic carbocycles. The lowest BCUT2D eigenvalue weighted by atomic mass is 9.64. The van der Waals surface area contributed by atoms with E-state index >= 15 is 0 Å². The summed E-state index contributed by atoms with van der Waals surface area (Å²) in [5, 5.41) is 0. The Morgan fingerprint density at radius 3 is 2.54 bits per heavy atom. The highest BCUT2D eigenvalue weighted by atomic mass is 28.4. The van der Waals surface area contributed by atoms with Crippen molar-refractivity contribution in [1.82, 2.24) is 0 Å². The Morgan fingerprint density at radius 1 is 1.09 bits per heavy atom. The average Bonchev–Trinajstić information content (AvgIpc) is 3.21. The summed E-state index contributed by atoms with van der Waals surface area (Å²) in [6.07, 6.45) is 14.8. The highest BCUT2D eigenvalue weighted by Crippen LogP contribution is 2.43. The van der Waals surface area contributed by atoms with E-state index in [1.807, 2.05) is 6.08 Å². The van der Waals surface area contributed by atoms with Crippen molar-refractivity contribution in [2.24, 2.45) is 11.8 Å². The van der Waals surface area contributed by atoms with Crippen LogP contribution < -0.4 is 0 Å². The molecular formula is C31H48O3Si. The Bertz CT molecular complexity index is 878. The second kappa shape index (κ2) is 12.4. The molecular weight excluding hydrogens is 448 g/mol. The molecule has 35 heavy (non-hydrogen) atoms. The molecule has 194 valence electrons. The van der Waals surface area contributed by atoms with Gasteiger partial charge in [-0.3, -0.25) is 0 Å². The maximum Gasteiger partial charge on any atom is 0.330 e. The zero-order valence-electron chi connectivity index (χ0n) is 23.1. The highest BCUT2D eigenvalue weighted by Gasteiger charge is 2.41. The van der Waals surface area contributed by atoms with E-state index in [4.69, 9.17) is 9.16 Å². The standard InChI is InChI=1S/C31H48O3Si/c1-24-21-22-27(31(2,3)26-17-11-9-12-18-26)29(23-24)33-30(32)20-13-8-7-10-15-25-16-14-19-28(25)34-35(4,5)6/h9,11-13,17-18,20,24,27,29H,7-8,10,14-16,19,21-23H2,1-6H3/b20-13+/t24-,27-,29-/m1/s1. The van der Waals surface area contributed by atoms with Crippen LogP contribution in [-0.2, 0) is 19.4 Å². The van der Waals surface area contributed by atoms with Gasteiger partial charge in [0.25, 0.3) is 0 Å². The summed E-state index contributed by atoms with van der Waals surface area (Å²) in [7, 11) is -1.52. The smallest absolute Gasteiger partial charge is 0.330 e. The summed E-state index contributed by atoms with van der Waals surface area (Å²) in [5.74, 6) is 2.05. The molecule has 0 radical (unpaired) electrons. The molecule has 0 aromatic heterocycles. The molecule has 3 nitrogen and oxygen atoms in total. The van der Waals surface area contributed by atoms with Crippen LogP contribution in [0.1, 0.15) is 90.5 Å². The van der Waals surface area contributed by atoms with Crippen molar-refractivity contribution in [3.05, 3.63) is 59.4 Å². The van der Waals surface area contributed by atoms with Crippen LogP contribution in [0.15, 0.2) is 53.8 Å². The van der Waals surface area contributed by atoms with Crippen LogP contribution in [0, 0.1) is 11.8 Å². The molecule has 2 aliphatic rings. The third kappa shape index (κ3) is 8.37. The normalized spacial score (nSPS) is 23.7. The number of carbonyl (C=O) groups excluding carboxylic acids is 1. The van der Waals surface area contributed by atoms with E-state index in [-0.39, 0.29) is 17.5 Å².